The van der Waals surface area contributed by atoms with Crippen molar-refractivity contribution in [3.8, 4) is 5.75 Å². The lowest BCUT2D eigenvalue weighted by Crippen LogP contribution is -2.57. The van der Waals surface area contributed by atoms with Gasteiger partial charge in [-0.15, -0.1) is 0 Å². The summed E-state index contributed by atoms with van der Waals surface area (Å²) in [5.74, 6) is -5.08. The number of rotatable bonds is 13. The number of aromatic amines is 1. The Morgan fingerprint density at radius 3 is 2.11 bits per heavy atom. The van der Waals surface area contributed by atoms with Crippen molar-refractivity contribution >= 4 is 29.7 Å². The van der Waals surface area contributed by atoms with E-state index in [0.717, 1.165) is 0 Å². The Bertz CT molecular complexity index is 1040. The first-order valence-electron chi connectivity index (χ1n) is 10.4. The number of nitrogens with zero attached hydrogens (tertiary/aromatic N) is 1. The Morgan fingerprint density at radius 1 is 0.914 bits per heavy atom. The van der Waals surface area contributed by atoms with Crippen molar-refractivity contribution in [2.24, 2.45) is 5.73 Å². The summed E-state index contributed by atoms with van der Waals surface area (Å²) in [5.41, 5.74) is 6.60. The number of aliphatic carboxylic acids is 2. The summed E-state index contributed by atoms with van der Waals surface area (Å²) >= 11 is 0. The number of carbonyl (C=O) groups excluding carboxylic acids is 3. The molecule has 3 atom stereocenters. The van der Waals surface area contributed by atoms with Crippen molar-refractivity contribution in [1.82, 2.24) is 25.9 Å². The normalized spacial score (nSPS) is 13.2. The van der Waals surface area contributed by atoms with Gasteiger partial charge in [0.15, 0.2) is 0 Å². The van der Waals surface area contributed by atoms with Gasteiger partial charge in [-0.2, -0.15) is 0 Å². The first-order chi connectivity index (χ1) is 16.5. The van der Waals surface area contributed by atoms with E-state index in [2.05, 4.69) is 25.9 Å². The lowest BCUT2D eigenvalue weighted by atomic mass is 10.0. The fourth-order valence-electron chi connectivity index (χ4n) is 3.02. The van der Waals surface area contributed by atoms with Gasteiger partial charge in [0.1, 0.15) is 24.4 Å². The number of imidazole rings is 1. The number of nitrogens with one attached hydrogen (secondary N) is 4. The number of aromatic nitrogens is 2. The molecule has 0 aliphatic carbocycles. The number of aromatic hydroxyl groups is 1. The minimum atomic E-state index is -1.42. The van der Waals surface area contributed by atoms with Crippen LogP contribution in [-0.4, -0.2) is 79.6 Å². The standard InChI is InChI=1S/C21H26N6O8/c22-14(7-17(29)30)19(33)26-16(6-12-8-23-10-25-12)21(35)27-15(20(34)24-9-18(31)32)5-11-1-3-13(28)4-2-11/h1-4,8,10,14-16,28H,5-7,9,22H2,(H,23,25)(H,24,34)(H,26,33)(H,27,35)(H,29,30)(H,31,32). The molecule has 0 saturated heterocycles. The van der Waals surface area contributed by atoms with E-state index in [1.54, 1.807) is 0 Å². The van der Waals surface area contributed by atoms with Gasteiger partial charge in [0.2, 0.25) is 17.7 Å². The van der Waals surface area contributed by atoms with E-state index < -0.39 is 60.8 Å². The molecule has 0 bridgehead atoms. The van der Waals surface area contributed by atoms with Crippen LogP contribution in [0.15, 0.2) is 36.8 Å². The van der Waals surface area contributed by atoms with Gasteiger partial charge in [-0.25, -0.2) is 4.98 Å². The zero-order valence-corrected chi connectivity index (χ0v) is 18.4. The van der Waals surface area contributed by atoms with E-state index in [9.17, 15) is 29.1 Å². The summed E-state index contributed by atoms with van der Waals surface area (Å²) in [7, 11) is 0. The van der Waals surface area contributed by atoms with Crippen LogP contribution >= 0.6 is 0 Å². The maximum absolute atomic E-state index is 13.1. The molecule has 2 aromatic rings. The van der Waals surface area contributed by atoms with Gasteiger partial charge >= 0.3 is 11.9 Å². The van der Waals surface area contributed by atoms with Gasteiger partial charge in [0.05, 0.1) is 18.8 Å². The first kappa shape index (κ1) is 26.8. The van der Waals surface area contributed by atoms with Crippen molar-refractivity contribution in [3.05, 3.63) is 48.0 Å². The molecule has 3 unspecified atom stereocenters. The quantitative estimate of drug-likeness (QED) is 0.152. The highest BCUT2D eigenvalue weighted by Gasteiger charge is 2.29. The summed E-state index contributed by atoms with van der Waals surface area (Å²) in [6.07, 6.45) is 1.97. The Kier molecular flexibility index (Phi) is 9.71. The number of hydrogen-bond donors (Lipinski definition) is 8. The van der Waals surface area contributed by atoms with Crippen LogP contribution in [0.4, 0.5) is 0 Å². The van der Waals surface area contributed by atoms with Crippen LogP contribution in [-0.2, 0) is 36.8 Å². The van der Waals surface area contributed by atoms with E-state index in [-0.39, 0.29) is 18.6 Å². The fraction of sp³-hybridized carbons (Fsp3) is 0.333. The topological polar surface area (TPSA) is 237 Å². The Labute approximate surface area is 198 Å². The lowest BCUT2D eigenvalue weighted by molar-refractivity contribution is -0.139. The molecule has 0 aliphatic rings. The summed E-state index contributed by atoms with van der Waals surface area (Å²) < 4.78 is 0. The number of hydrogen-bond acceptors (Lipinski definition) is 8. The van der Waals surface area contributed by atoms with Crippen LogP contribution in [0.3, 0.4) is 0 Å². The maximum atomic E-state index is 13.1. The van der Waals surface area contributed by atoms with E-state index >= 15 is 0 Å². The highest BCUT2D eigenvalue weighted by Crippen LogP contribution is 2.12. The summed E-state index contributed by atoms with van der Waals surface area (Å²) in [6, 6.07) is 1.89. The monoisotopic (exact) mass is 490 g/mol. The first-order valence-corrected chi connectivity index (χ1v) is 10.4. The van der Waals surface area contributed by atoms with Crippen LogP contribution in [0.2, 0.25) is 0 Å². The molecule has 188 valence electrons. The number of H-pyrrole nitrogens is 1. The number of nitrogens with two attached hydrogens (primary N) is 1. The van der Waals surface area contributed by atoms with Crippen molar-refractivity contribution in [3.63, 3.8) is 0 Å². The molecule has 35 heavy (non-hydrogen) atoms. The number of benzene rings is 1. The molecular weight excluding hydrogens is 464 g/mol. The Morgan fingerprint density at radius 2 is 1.54 bits per heavy atom. The number of carboxylic acids is 2. The third-order valence-corrected chi connectivity index (χ3v) is 4.77. The largest absolute Gasteiger partial charge is 0.508 e. The van der Waals surface area contributed by atoms with Crippen LogP contribution in [0.25, 0.3) is 0 Å². The van der Waals surface area contributed by atoms with Gasteiger partial charge in [-0.1, -0.05) is 12.1 Å². The maximum Gasteiger partial charge on any atom is 0.322 e. The zero-order chi connectivity index (χ0) is 26.0. The molecule has 0 saturated carbocycles. The Hall–Kier alpha value is -4.46. The number of carbonyl (C=O) groups is 5. The van der Waals surface area contributed by atoms with Crippen molar-refractivity contribution in [2.75, 3.05) is 6.54 Å². The van der Waals surface area contributed by atoms with E-state index in [1.807, 2.05) is 0 Å². The summed E-state index contributed by atoms with van der Waals surface area (Å²) in [5, 5.41) is 34.2. The number of carboxylic acid groups (broad SMARTS) is 2. The second-order valence-electron chi connectivity index (χ2n) is 7.59. The molecule has 1 aromatic heterocycles. The molecule has 0 fully saturated rings. The van der Waals surface area contributed by atoms with Gasteiger partial charge in [-0.05, 0) is 17.7 Å². The average molecular weight is 490 g/mol. The predicted octanol–water partition coefficient (Wildman–Crippen LogP) is -2.13. The summed E-state index contributed by atoms with van der Waals surface area (Å²) in [6.45, 7) is -0.681. The zero-order valence-electron chi connectivity index (χ0n) is 18.4. The third-order valence-electron chi connectivity index (χ3n) is 4.77. The van der Waals surface area contributed by atoms with Crippen molar-refractivity contribution < 1.29 is 39.3 Å². The highest BCUT2D eigenvalue weighted by molar-refractivity contribution is 5.94. The minimum absolute atomic E-state index is 0.00954. The number of phenols is 1. The predicted molar refractivity (Wildman–Crippen MR) is 119 cm³/mol. The van der Waals surface area contributed by atoms with Gasteiger partial charge in [0, 0.05) is 24.7 Å². The van der Waals surface area contributed by atoms with Crippen LogP contribution < -0.4 is 21.7 Å². The van der Waals surface area contributed by atoms with E-state index in [0.29, 0.717) is 11.3 Å². The van der Waals surface area contributed by atoms with Gasteiger partial charge < -0.3 is 42.0 Å². The molecule has 9 N–H and O–H groups in total. The molecule has 1 aromatic carbocycles. The van der Waals surface area contributed by atoms with Gasteiger partial charge in [-0.3, -0.25) is 24.0 Å². The molecule has 1 heterocycles. The minimum Gasteiger partial charge on any atom is -0.508 e. The lowest BCUT2D eigenvalue weighted by Gasteiger charge is -2.24. The molecule has 0 radical (unpaired) electrons. The van der Waals surface area contributed by atoms with Crippen LogP contribution in [0.1, 0.15) is 17.7 Å². The second kappa shape index (κ2) is 12.7. The van der Waals surface area contributed by atoms with Crippen LogP contribution in [0.5, 0.6) is 5.75 Å². The summed E-state index contributed by atoms with van der Waals surface area (Å²) in [4.78, 5) is 66.4. The number of phenolic OH excluding ortho intramolecular Hbond substituents is 1. The second-order valence-corrected chi connectivity index (χ2v) is 7.59. The van der Waals surface area contributed by atoms with Gasteiger partial charge in [0.25, 0.3) is 0 Å². The van der Waals surface area contributed by atoms with E-state index in [4.69, 9.17) is 15.9 Å². The molecule has 14 heteroatoms. The number of amides is 3. The molecule has 2 rings (SSSR count). The van der Waals surface area contributed by atoms with Crippen molar-refractivity contribution in [2.45, 2.75) is 37.4 Å². The Balaban J connectivity index is 2.21. The SMILES string of the molecule is NC(CC(=O)O)C(=O)NC(Cc1cnc[nH]1)C(=O)NC(Cc1ccc(O)cc1)C(=O)NCC(=O)O. The highest BCUT2D eigenvalue weighted by atomic mass is 16.4. The fourth-order valence-corrected chi connectivity index (χ4v) is 3.02. The smallest absolute Gasteiger partial charge is 0.322 e. The van der Waals surface area contributed by atoms with Crippen molar-refractivity contribution in [1.29, 1.82) is 0 Å². The third kappa shape index (κ3) is 9.13. The molecule has 14 nitrogen and oxygen atoms in total. The molecule has 0 spiro atoms. The molecule has 3 amide bonds. The molecule has 0 aliphatic heterocycles. The molecular formula is C21H26N6O8. The van der Waals surface area contributed by atoms with E-state index in [1.165, 1.54) is 36.8 Å². The van der Waals surface area contributed by atoms with Crippen LogP contribution in [0, 0.1) is 0 Å². The average Bonchev–Trinajstić information content (AvgIpc) is 3.30.